The normalized spacial score (nSPS) is 14.9. The highest BCUT2D eigenvalue weighted by Crippen LogP contribution is 2.25. The molecule has 1 amide bonds. The topological polar surface area (TPSA) is 87.2 Å². The van der Waals surface area contributed by atoms with Gasteiger partial charge in [0, 0.05) is 35.8 Å². The predicted molar refractivity (Wildman–Crippen MR) is 77.5 cm³/mol. The number of nitrogens with zero attached hydrogens (tertiary/aromatic N) is 3. The minimum absolute atomic E-state index is 0.0701. The molecule has 0 spiro atoms. The van der Waals surface area contributed by atoms with E-state index in [4.69, 9.17) is 16.9 Å². The summed E-state index contributed by atoms with van der Waals surface area (Å²) >= 11 is 5.96. The second-order valence-electron chi connectivity index (χ2n) is 4.63. The molecule has 0 N–H and O–H groups in total. The first-order valence-electron chi connectivity index (χ1n) is 6.38. The Balaban J connectivity index is 2.35. The fourth-order valence-corrected chi connectivity index (χ4v) is 2.32. The first kappa shape index (κ1) is 15.0. The van der Waals surface area contributed by atoms with Crippen molar-refractivity contribution in [1.82, 2.24) is 4.90 Å². The Hall–Kier alpha value is -2.39. The predicted octanol–water partition coefficient (Wildman–Crippen LogP) is 2.78. The molecule has 1 saturated heterocycles. The van der Waals surface area contributed by atoms with Crippen LogP contribution in [0.1, 0.15) is 18.4 Å². The Morgan fingerprint density at radius 1 is 1.43 bits per heavy atom. The van der Waals surface area contributed by atoms with Gasteiger partial charge in [0.1, 0.15) is 11.6 Å². The molecule has 0 unspecified atom stereocenters. The van der Waals surface area contributed by atoms with Gasteiger partial charge in [0.2, 0.25) is 0 Å². The van der Waals surface area contributed by atoms with Crippen LogP contribution < -0.4 is 0 Å². The molecule has 0 bridgehead atoms. The fourth-order valence-electron chi connectivity index (χ4n) is 2.14. The Morgan fingerprint density at radius 3 is 2.67 bits per heavy atom. The summed E-state index contributed by atoms with van der Waals surface area (Å²) in [5.41, 5.74) is 0.0748. The molecule has 21 heavy (non-hydrogen) atoms. The van der Waals surface area contributed by atoms with E-state index >= 15 is 0 Å². The summed E-state index contributed by atoms with van der Waals surface area (Å²) in [4.78, 5) is 24.0. The Morgan fingerprint density at radius 2 is 2.10 bits per heavy atom. The van der Waals surface area contributed by atoms with Gasteiger partial charge in [-0.15, -0.1) is 0 Å². The van der Waals surface area contributed by atoms with Crippen LogP contribution in [0.25, 0.3) is 6.08 Å². The lowest BCUT2D eigenvalue weighted by molar-refractivity contribution is -0.384. The molecule has 1 fully saturated rings. The van der Waals surface area contributed by atoms with Crippen LogP contribution in [0.3, 0.4) is 0 Å². The number of benzene rings is 1. The first-order chi connectivity index (χ1) is 10.0. The number of nitro groups is 1. The number of hydrogen-bond donors (Lipinski definition) is 0. The van der Waals surface area contributed by atoms with Crippen molar-refractivity contribution < 1.29 is 9.72 Å². The van der Waals surface area contributed by atoms with Crippen molar-refractivity contribution in [2.24, 2.45) is 0 Å². The maximum atomic E-state index is 12.2. The molecule has 1 aromatic carbocycles. The number of nitro benzene ring substituents is 1. The van der Waals surface area contributed by atoms with Gasteiger partial charge in [-0.25, -0.2) is 0 Å². The van der Waals surface area contributed by atoms with Gasteiger partial charge in [0.25, 0.3) is 11.6 Å². The molecule has 0 radical (unpaired) electrons. The zero-order valence-corrected chi connectivity index (χ0v) is 11.8. The number of carbonyl (C=O) groups is 1. The van der Waals surface area contributed by atoms with Crippen LogP contribution in [-0.4, -0.2) is 28.8 Å². The molecule has 7 heteroatoms. The number of amides is 1. The summed E-state index contributed by atoms with van der Waals surface area (Å²) < 4.78 is 0. The second kappa shape index (κ2) is 6.37. The first-order valence-corrected chi connectivity index (χ1v) is 6.75. The maximum Gasteiger partial charge on any atom is 0.270 e. The highest BCUT2D eigenvalue weighted by molar-refractivity contribution is 6.32. The maximum absolute atomic E-state index is 12.2. The van der Waals surface area contributed by atoms with E-state index in [1.165, 1.54) is 24.3 Å². The molecular formula is C14H12ClN3O3. The number of halogens is 1. The van der Waals surface area contributed by atoms with Crippen LogP contribution in [-0.2, 0) is 4.79 Å². The average Bonchev–Trinajstić information content (AvgIpc) is 2.99. The van der Waals surface area contributed by atoms with Gasteiger partial charge < -0.3 is 4.90 Å². The van der Waals surface area contributed by atoms with Gasteiger partial charge in [0.05, 0.1) is 4.92 Å². The van der Waals surface area contributed by atoms with Crippen LogP contribution in [0.4, 0.5) is 5.69 Å². The van der Waals surface area contributed by atoms with Crippen molar-refractivity contribution in [3.8, 4) is 6.07 Å². The Bertz CT molecular complexity index is 658. The van der Waals surface area contributed by atoms with Gasteiger partial charge >= 0.3 is 0 Å². The molecule has 2 rings (SSSR count). The molecule has 108 valence electrons. The number of likely N-dealkylation sites (tertiary alicyclic amines) is 1. The van der Waals surface area contributed by atoms with Crippen LogP contribution in [0.5, 0.6) is 0 Å². The molecule has 1 aromatic rings. The zero-order valence-electron chi connectivity index (χ0n) is 11.1. The van der Waals surface area contributed by atoms with Crippen molar-refractivity contribution in [2.75, 3.05) is 13.1 Å². The molecule has 1 aliphatic heterocycles. The average molecular weight is 306 g/mol. The summed E-state index contributed by atoms with van der Waals surface area (Å²) in [7, 11) is 0. The van der Waals surface area contributed by atoms with E-state index in [0.717, 1.165) is 12.8 Å². The van der Waals surface area contributed by atoms with Crippen molar-refractivity contribution >= 4 is 29.3 Å². The molecule has 0 aliphatic carbocycles. The SMILES string of the molecule is N#C/C(=C\c1cc([N+](=O)[O-])ccc1Cl)C(=O)N1CCCC1. The quantitative estimate of drug-likeness (QED) is 0.372. The number of rotatable bonds is 3. The lowest BCUT2D eigenvalue weighted by Gasteiger charge is -2.14. The van der Waals surface area contributed by atoms with Crippen molar-refractivity contribution in [3.05, 3.63) is 44.5 Å². The number of carbonyl (C=O) groups excluding carboxylic acids is 1. The van der Waals surface area contributed by atoms with Crippen molar-refractivity contribution in [3.63, 3.8) is 0 Å². The van der Waals surface area contributed by atoms with E-state index in [0.29, 0.717) is 13.1 Å². The number of non-ortho nitro benzene ring substituents is 1. The zero-order chi connectivity index (χ0) is 15.4. The van der Waals surface area contributed by atoms with E-state index < -0.39 is 4.92 Å². The molecule has 1 aliphatic rings. The summed E-state index contributed by atoms with van der Waals surface area (Å²) in [6.45, 7) is 1.25. The van der Waals surface area contributed by atoms with Crippen LogP contribution in [0.15, 0.2) is 23.8 Å². The van der Waals surface area contributed by atoms with E-state index in [2.05, 4.69) is 0 Å². The highest BCUT2D eigenvalue weighted by Gasteiger charge is 2.22. The molecule has 0 saturated carbocycles. The second-order valence-corrected chi connectivity index (χ2v) is 5.04. The van der Waals surface area contributed by atoms with Gasteiger partial charge in [-0.05, 0) is 25.0 Å². The van der Waals surface area contributed by atoms with E-state index in [9.17, 15) is 14.9 Å². The van der Waals surface area contributed by atoms with E-state index in [-0.39, 0.29) is 27.8 Å². The summed E-state index contributed by atoms with van der Waals surface area (Å²) in [6, 6.07) is 5.74. The van der Waals surface area contributed by atoms with Gasteiger partial charge in [-0.1, -0.05) is 11.6 Å². The van der Waals surface area contributed by atoms with E-state index in [1.54, 1.807) is 4.90 Å². The largest absolute Gasteiger partial charge is 0.338 e. The minimum atomic E-state index is -0.554. The number of nitriles is 1. The number of hydrogen-bond acceptors (Lipinski definition) is 4. The van der Waals surface area contributed by atoms with Crippen LogP contribution in [0, 0.1) is 21.4 Å². The minimum Gasteiger partial charge on any atom is -0.338 e. The van der Waals surface area contributed by atoms with Gasteiger partial charge in [0.15, 0.2) is 0 Å². The lowest BCUT2D eigenvalue weighted by Crippen LogP contribution is -2.28. The Kier molecular flexibility index (Phi) is 4.55. The van der Waals surface area contributed by atoms with Crippen molar-refractivity contribution in [1.29, 1.82) is 5.26 Å². The third-order valence-electron chi connectivity index (χ3n) is 3.23. The van der Waals surface area contributed by atoms with Crippen LogP contribution in [0.2, 0.25) is 5.02 Å². The standard InChI is InChI=1S/C14H12ClN3O3/c15-13-4-3-12(18(20)21)8-10(13)7-11(9-16)14(19)17-5-1-2-6-17/h3-4,7-8H,1-2,5-6H2/b11-7+. The summed E-state index contributed by atoms with van der Waals surface area (Å²) in [5, 5.41) is 20.2. The van der Waals surface area contributed by atoms with Crippen molar-refractivity contribution in [2.45, 2.75) is 12.8 Å². The van der Waals surface area contributed by atoms with Gasteiger partial charge in [-0.2, -0.15) is 5.26 Å². The molecule has 6 nitrogen and oxygen atoms in total. The lowest BCUT2D eigenvalue weighted by atomic mass is 10.1. The summed E-state index contributed by atoms with van der Waals surface area (Å²) in [6.07, 6.45) is 3.14. The Labute approximate surface area is 126 Å². The third-order valence-corrected chi connectivity index (χ3v) is 3.58. The van der Waals surface area contributed by atoms with Crippen LogP contribution >= 0.6 is 11.6 Å². The molecule has 0 atom stereocenters. The smallest absolute Gasteiger partial charge is 0.270 e. The molecule has 0 aromatic heterocycles. The molecule has 1 heterocycles. The third kappa shape index (κ3) is 3.38. The highest BCUT2D eigenvalue weighted by atomic mass is 35.5. The molecular weight excluding hydrogens is 294 g/mol. The summed E-state index contributed by atoms with van der Waals surface area (Å²) in [5.74, 6) is -0.363. The monoisotopic (exact) mass is 305 g/mol. The van der Waals surface area contributed by atoms with Gasteiger partial charge in [-0.3, -0.25) is 14.9 Å². The van der Waals surface area contributed by atoms with E-state index in [1.807, 2.05) is 6.07 Å². The fraction of sp³-hybridized carbons (Fsp3) is 0.286.